The smallest absolute Gasteiger partial charge is 0.354 e. The zero-order valence-corrected chi connectivity index (χ0v) is 36.8. The lowest BCUT2D eigenvalue weighted by Crippen LogP contribution is -2.24. The summed E-state index contributed by atoms with van der Waals surface area (Å²) in [6, 6.07) is 43.1. The van der Waals surface area contributed by atoms with E-state index in [0.717, 1.165) is 70.2 Å². The van der Waals surface area contributed by atoms with Gasteiger partial charge in [0.2, 0.25) is 5.75 Å². The highest BCUT2D eigenvalue weighted by Gasteiger charge is 2.49. The fraction of sp³-hybridized carbons (Fsp3) is 0.218. The molecular formula is C55H48N2O8. The van der Waals surface area contributed by atoms with E-state index >= 15 is 0 Å². The van der Waals surface area contributed by atoms with Gasteiger partial charge in [0, 0.05) is 23.0 Å². The maximum absolute atomic E-state index is 13.8. The number of hydrogen-bond acceptors (Lipinski definition) is 10. The van der Waals surface area contributed by atoms with Crippen LogP contribution < -0.4 is 24.0 Å². The summed E-state index contributed by atoms with van der Waals surface area (Å²) in [7, 11) is 3.14. The Kier molecular flexibility index (Phi) is 13.4. The Bertz CT molecular complexity index is 2860. The van der Waals surface area contributed by atoms with Crippen LogP contribution >= 0.6 is 0 Å². The molecule has 2 aliphatic rings. The van der Waals surface area contributed by atoms with Crippen LogP contribution in [0, 0.1) is 36.5 Å². The molecule has 8 rings (SSSR count). The van der Waals surface area contributed by atoms with Crippen molar-refractivity contribution in [2.24, 2.45) is 0 Å². The molecule has 1 unspecified atom stereocenters. The van der Waals surface area contributed by atoms with Crippen LogP contribution in [0.15, 0.2) is 132 Å². The Morgan fingerprint density at radius 1 is 0.631 bits per heavy atom. The van der Waals surface area contributed by atoms with Crippen LogP contribution in [0.25, 0.3) is 12.2 Å². The van der Waals surface area contributed by atoms with Crippen molar-refractivity contribution in [3.05, 3.63) is 194 Å². The first-order valence-corrected chi connectivity index (χ1v) is 21.4. The quantitative estimate of drug-likeness (QED) is 0.0231. The van der Waals surface area contributed by atoms with Crippen LogP contribution in [0.3, 0.4) is 0 Å². The number of carbonyl (C=O) groups excluding carboxylic acids is 1. The van der Waals surface area contributed by atoms with E-state index in [1.54, 1.807) is 37.5 Å². The predicted octanol–water partition coefficient (Wildman–Crippen LogP) is 11.0. The molecular weight excluding hydrogens is 817 g/mol. The molecule has 0 saturated carbocycles. The first kappa shape index (κ1) is 44.0. The molecule has 6 aromatic carbocycles. The summed E-state index contributed by atoms with van der Waals surface area (Å²) in [4.78, 5) is 36.7. The van der Waals surface area contributed by atoms with E-state index in [1.165, 1.54) is 18.7 Å². The van der Waals surface area contributed by atoms with E-state index in [-0.39, 0.29) is 18.8 Å². The number of ether oxygens (including phenoxy) is 3. The van der Waals surface area contributed by atoms with E-state index in [0.29, 0.717) is 51.9 Å². The number of hydrogen-bond donors (Lipinski definition) is 0. The minimum Gasteiger partial charge on any atom is -0.496 e. The number of aryl methyl sites for hydroxylation is 4. The Labute approximate surface area is 379 Å². The van der Waals surface area contributed by atoms with Crippen molar-refractivity contribution in [2.45, 2.75) is 58.0 Å². The van der Waals surface area contributed by atoms with Gasteiger partial charge in [0.05, 0.1) is 25.9 Å². The third-order valence-corrected chi connectivity index (χ3v) is 12.0. The first-order valence-electron chi connectivity index (χ1n) is 21.4. The molecule has 1 atom stereocenters. The number of benzene rings is 6. The molecule has 1 spiro atoms. The van der Waals surface area contributed by atoms with E-state index in [4.69, 9.17) is 33.8 Å². The fourth-order valence-electron chi connectivity index (χ4n) is 8.79. The van der Waals surface area contributed by atoms with E-state index in [9.17, 15) is 15.3 Å². The van der Waals surface area contributed by atoms with Crippen molar-refractivity contribution in [1.29, 1.82) is 10.5 Å². The molecule has 0 fully saturated rings. The highest BCUT2D eigenvalue weighted by molar-refractivity contribution is 5.99. The van der Waals surface area contributed by atoms with Gasteiger partial charge in [-0.05, 0) is 121 Å². The van der Waals surface area contributed by atoms with Gasteiger partial charge in [-0.3, -0.25) is 0 Å². The summed E-state index contributed by atoms with van der Waals surface area (Å²) in [5, 5.41) is 20.3. The lowest BCUT2D eigenvalue weighted by Gasteiger charge is -2.29. The van der Waals surface area contributed by atoms with Crippen molar-refractivity contribution in [1.82, 2.24) is 0 Å². The van der Waals surface area contributed by atoms with Gasteiger partial charge in [-0.2, -0.15) is 20.3 Å². The Morgan fingerprint density at radius 3 is 1.89 bits per heavy atom. The lowest BCUT2D eigenvalue weighted by atomic mass is 9.76. The summed E-state index contributed by atoms with van der Waals surface area (Å²) in [5.41, 5.74) is 10.5. The van der Waals surface area contributed by atoms with Gasteiger partial charge < -0.3 is 24.0 Å². The number of esters is 1. The van der Waals surface area contributed by atoms with Crippen LogP contribution in [0.1, 0.15) is 74.0 Å². The Morgan fingerprint density at radius 2 is 1.23 bits per heavy atom. The molecule has 0 N–H and O–H groups in total. The van der Waals surface area contributed by atoms with Gasteiger partial charge in [0.15, 0.2) is 11.5 Å². The van der Waals surface area contributed by atoms with E-state index in [1.807, 2.05) is 67.6 Å². The molecule has 65 heavy (non-hydrogen) atoms. The van der Waals surface area contributed by atoms with Gasteiger partial charge in [0.1, 0.15) is 36.4 Å². The highest BCUT2D eigenvalue weighted by Crippen LogP contribution is 2.57. The van der Waals surface area contributed by atoms with Crippen LogP contribution in [-0.2, 0) is 45.9 Å². The predicted molar refractivity (Wildman–Crippen MR) is 246 cm³/mol. The molecule has 0 saturated heterocycles. The molecule has 2 aliphatic carbocycles. The first-order chi connectivity index (χ1) is 31.7. The number of fused-ring (bicyclic) bond motifs is 4. The van der Waals surface area contributed by atoms with Crippen molar-refractivity contribution in [3.63, 3.8) is 0 Å². The zero-order valence-electron chi connectivity index (χ0n) is 36.8. The second kappa shape index (κ2) is 19.8. The van der Waals surface area contributed by atoms with Crippen LogP contribution in [0.5, 0.6) is 28.7 Å². The third kappa shape index (κ3) is 9.80. The summed E-state index contributed by atoms with van der Waals surface area (Å²) >= 11 is 0. The Balaban J connectivity index is 0.964. The molecule has 0 amide bonds. The fourth-order valence-corrected chi connectivity index (χ4v) is 8.79. The number of methoxy groups -OCH3 is 2. The molecule has 0 bridgehead atoms. The molecule has 0 aromatic heterocycles. The number of nitrogens with zero attached hydrogens (tertiary/aromatic N) is 2. The SMILES string of the molecule is COc1cc(/C=C(\C#N)C(=O)Oc2cccc3c2C2(CCc4cccc(OOCC(C#N)=Cc5ccc(OOCc6ccc(C)cc6)c(OC)c5)c42)CC3)ccc1Cc1ccc(C)cc1. The third-order valence-electron chi connectivity index (χ3n) is 12.0. The Hall–Kier alpha value is -7.63. The highest BCUT2D eigenvalue weighted by atomic mass is 17.2. The van der Waals surface area contributed by atoms with Crippen molar-refractivity contribution in [2.75, 3.05) is 20.8 Å². The number of carbonyl (C=O) groups is 1. The maximum atomic E-state index is 13.8. The molecule has 0 heterocycles. The van der Waals surface area contributed by atoms with Gasteiger partial charge >= 0.3 is 5.97 Å². The van der Waals surface area contributed by atoms with E-state index < -0.39 is 11.4 Å². The van der Waals surface area contributed by atoms with Gasteiger partial charge in [-0.1, -0.05) is 102 Å². The normalized spacial score (nSPS) is 15.1. The summed E-state index contributed by atoms with van der Waals surface area (Å²) in [5.74, 6) is 1.67. The van der Waals surface area contributed by atoms with Crippen molar-refractivity contribution < 1.29 is 38.6 Å². The summed E-state index contributed by atoms with van der Waals surface area (Å²) in [6.45, 7) is 4.21. The summed E-state index contributed by atoms with van der Waals surface area (Å²) in [6.07, 6.45) is 6.97. The van der Waals surface area contributed by atoms with Crippen LogP contribution in [0.4, 0.5) is 0 Å². The molecule has 0 radical (unpaired) electrons. The largest absolute Gasteiger partial charge is 0.496 e. The summed E-state index contributed by atoms with van der Waals surface area (Å²) < 4.78 is 17.4. The standard InChI is InChI=1S/C55H48N2O8/c1-36-11-15-38(16-12-36)28-45-21-19-41(30-50(45)59-3)29-46(33-57)54(58)63-48-9-5-7-43-23-25-55(52(43)48)26-24-44-8-6-10-49(53(44)55)65-62-35-42(32-56)27-40-20-22-47(51(31-40)60-4)64-61-34-39-17-13-37(2)14-18-39/h5-22,27,29-31H,23-26,28,34-35H2,1-4H3/b42-27?,46-29+. The van der Waals surface area contributed by atoms with E-state index in [2.05, 4.69) is 55.5 Å². The molecule has 0 aliphatic heterocycles. The second-order valence-electron chi connectivity index (χ2n) is 16.3. The lowest BCUT2D eigenvalue weighted by molar-refractivity contribution is -0.218. The molecule has 6 aromatic rings. The topological polar surface area (TPSA) is 129 Å². The van der Waals surface area contributed by atoms with Crippen LogP contribution in [0.2, 0.25) is 0 Å². The van der Waals surface area contributed by atoms with Crippen molar-refractivity contribution >= 4 is 18.1 Å². The van der Waals surface area contributed by atoms with Gasteiger partial charge in [-0.15, -0.1) is 0 Å². The average Bonchev–Trinajstić information content (AvgIpc) is 3.91. The second-order valence-corrected chi connectivity index (χ2v) is 16.3. The monoisotopic (exact) mass is 864 g/mol. The molecule has 10 heteroatoms. The number of nitriles is 2. The zero-order chi connectivity index (χ0) is 45.3. The van der Waals surface area contributed by atoms with Gasteiger partial charge in [0.25, 0.3) is 0 Å². The minimum absolute atomic E-state index is 0.128. The van der Waals surface area contributed by atoms with Crippen molar-refractivity contribution in [3.8, 4) is 40.9 Å². The van der Waals surface area contributed by atoms with Crippen LogP contribution in [-0.4, -0.2) is 26.8 Å². The minimum atomic E-state index is -0.751. The maximum Gasteiger partial charge on any atom is 0.354 e. The molecule has 10 nitrogen and oxygen atoms in total. The molecule has 326 valence electrons. The number of rotatable bonds is 16. The van der Waals surface area contributed by atoms with Gasteiger partial charge in [-0.25, -0.2) is 4.79 Å². The average molecular weight is 865 g/mol.